The van der Waals surface area contributed by atoms with Gasteiger partial charge in [-0.2, -0.15) is 0 Å². The fourth-order valence-electron chi connectivity index (χ4n) is 12.3. The molecule has 0 aromatic heterocycles. The number of alkyl halides is 14. The van der Waals surface area contributed by atoms with Gasteiger partial charge in [0.1, 0.15) is 49.4 Å². The topological polar surface area (TPSA) is 99.5 Å². The number of hydrogen-bond acceptors (Lipinski definition) is 9. The molecule has 5 heterocycles. The molecule has 9 fully saturated rings. The molecule has 5 aliphatic heterocycles. The van der Waals surface area contributed by atoms with Crippen LogP contribution in [0, 0.1) is 47.3 Å². The number of hydrogen-bond donors (Lipinski definition) is 8. The molecular formula is C33H44F15N9. The van der Waals surface area contributed by atoms with Crippen LogP contribution in [0.25, 0.3) is 0 Å². The van der Waals surface area contributed by atoms with Gasteiger partial charge in [-0.05, 0) is 19.4 Å². The summed E-state index contributed by atoms with van der Waals surface area (Å²) in [6.45, 7) is 0. The standard InChI is InChI=1S/C33H44F15N9/c1-49-25-11-8(16(39)23(46)24(25)47)29-51-26-3-2-4(34)12(35)13(36)5(3)27(50-26)55-32-9-10(18(41)22(45)21(44)17(9)40)33(57(32)48)56-30-7-6(28(52-30)53-31(11)54-29)14(37)19(42)20(43)15(7)38/h3-33,49-56H,2H2,1H3. The van der Waals surface area contributed by atoms with Gasteiger partial charge in [0.15, 0.2) is 37.0 Å². The van der Waals surface area contributed by atoms with E-state index in [0.29, 0.717) is 0 Å². The molecule has 9 rings (SSSR count). The SMILES string of the molecule is CNC1C(F)C(F)C(F)C2C3NC4NC(NC5C6C(F)C(F)C(F)C(F)C6C(NC6NC(NC(N3)C12)C1C(F)C(F)C(F)C(F)C61)N5F)C1C(F)C(F)C(F)CC41. The van der Waals surface area contributed by atoms with Gasteiger partial charge in [-0.15, -0.1) is 9.60 Å². The molecular weight excluding hydrogens is 807 g/mol. The number of nitrogens with one attached hydrogen (secondary N) is 8. The highest BCUT2D eigenvalue weighted by molar-refractivity contribution is 5.18. The summed E-state index contributed by atoms with van der Waals surface area (Å²) in [4.78, 5) is 0. The molecule has 4 aliphatic carbocycles. The molecule has 9 aliphatic rings. The first kappa shape index (κ1) is 41.0. The van der Waals surface area contributed by atoms with Crippen molar-refractivity contribution in [1.29, 1.82) is 0 Å². The second-order valence-electron chi connectivity index (χ2n) is 17.3. The Kier molecular flexibility index (Phi) is 10.5. The highest BCUT2D eigenvalue weighted by atomic mass is 19.2. The Morgan fingerprint density at radius 2 is 0.702 bits per heavy atom. The van der Waals surface area contributed by atoms with Crippen molar-refractivity contribution in [1.82, 2.24) is 47.7 Å². The second-order valence-corrected chi connectivity index (χ2v) is 17.3. The van der Waals surface area contributed by atoms with E-state index in [9.17, 15) is 0 Å². The van der Waals surface area contributed by atoms with Crippen molar-refractivity contribution in [3.8, 4) is 0 Å². The van der Waals surface area contributed by atoms with Crippen molar-refractivity contribution in [2.24, 2.45) is 47.3 Å². The highest BCUT2D eigenvalue weighted by Crippen LogP contribution is 2.52. The maximum atomic E-state index is 16.8. The molecule has 31 atom stereocenters. The van der Waals surface area contributed by atoms with Gasteiger partial charge in [0, 0.05) is 47.5 Å². The maximum Gasteiger partial charge on any atom is 0.165 e. The van der Waals surface area contributed by atoms with Gasteiger partial charge in [-0.3, -0.25) is 37.2 Å². The molecule has 31 unspecified atom stereocenters. The number of rotatable bonds is 1. The van der Waals surface area contributed by atoms with Crippen molar-refractivity contribution in [2.75, 3.05) is 7.05 Å². The molecule has 8 N–H and O–H groups in total. The smallest absolute Gasteiger partial charge is 0.165 e. The van der Waals surface area contributed by atoms with Gasteiger partial charge in [0.2, 0.25) is 0 Å². The zero-order valence-electron chi connectivity index (χ0n) is 29.7. The summed E-state index contributed by atoms with van der Waals surface area (Å²) < 4.78 is 234. The predicted octanol–water partition coefficient (Wildman–Crippen LogP) is 1.67. The summed E-state index contributed by atoms with van der Waals surface area (Å²) in [6.07, 6.45) is -54.0. The van der Waals surface area contributed by atoms with E-state index in [1.54, 1.807) is 0 Å². The summed E-state index contributed by atoms with van der Waals surface area (Å²) >= 11 is 0. The maximum absolute atomic E-state index is 16.8. The third kappa shape index (κ3) is 5.85. The first-order valence-electron chi connectivity index (χ1n) is 19.4. The number of halogens is 15. The van der Waals surface area contributed by atoms with Crippen LogP contribution in [0.4, 0.5) is 65.9 Å². The average Bonchev–Trinajstić information content (AvgIpc) is 3.90. The average molecular weight is 852 g/mol. The summed E-state index contributed by atoms with van der Waals surface area (Å²) in [7, 11) is 1.25. The van der Waals surface area contributed by atoms with Gasteiger partial charge in [0.25, 0.3) is 0 Å². The molecule has 326 valence electrons. The minimum absolute atomic E-state index is 0.303. The van der Waals surface area contributed by atoms with Crippen LogP contribution in [-0.2, 0) is 0 Å². The lowest BCUT2D eigenvalue weighted by atomic mass is 9.71. The van der Waals surface area contributed by atoms with E-state index in [2.05, 4.69) is 42.5 Å². The van der Waals surface area contributed by atoms with Crippen LogP contribution in [0.3, 0.4) is 0 Å². The minimum Gasteiger partial charge on any atom is -0.314 e. The number of fused-ring (bicyclic) bond motifs is 20. The third-order valence-electron chi connectivity index (χ3n) is 14.8. The van der Waals surface area contributed by atoms with E-state index in [4.69, 9.17) is 0 Å². The van der Waals surface area contributed by atoms with Crippen LogP contribution in [0.1, 0.15) is 6.42 Å². The fraction of sp³-hybridized carbons (Fsp3) is 1.00. The van der Waals surface area contributed by atoms with Crippen LogP contribution in [0.2, 0.25) is 0 Å². The summed E-state index contributed by atoms with van der Waals surface area (Å²) in [6, 6.07) is -1.49. The molecule has 5 saturated heterocycles. The lowest BCUT2D eigenvalue weighted by Gasteiger charge is -2.44. The predicted molar refractivity (Wildman–Crippen MR) is 169 cm³/mol. The van der Waals surface area contributed by atoms with Crippen molar-refractivity contribution in [3.05, 3.63) is 0 Å². The molecule has 8 bridgehead atoms. The molecule has 4 saturated carbocycles. The van der Waals surface area contributed by atoms with Crippen LogP contribution >= 0.6 is 0 Å². The van der Waals surface area contributed by atoms with E-state index >= 15 is 65.9 Å². The normalized spacial score (nSPS) is 64.1. The van der Waals surface area contributed by atoms with E-state index in [0.717, 1.165) is 0 Å². The fourth-order valence-corrected chi connectivity index (χ4v) is 12.3. The Bertz CT molecular complexity index is 1490. The van der Waals surface area contributed by atoms with E-state index < -0.39 is 196 Å². The lowest BCUT2D eigenvalue weighted by molar-refractivity contribution is -0.0975. The van der Waals surface area contributed by atoms with E-state index in [-0.39, 0.29) is 5.12 Å². The van der Waals surface area contributed by atoms with Crippen LogP contribution in [0.5, 0.6) is 0 Å². The van der Waals surface area contributed by atoms with Crippen molar-refractivity contribution < 1.29 is 65.9 Å². The van der Waals surface area contributed by atoms with Gasteiger partial charge >= 0.3 is 0 Å². The van der Waals surface area contributed by atoms with Crippen LogP contribution in [0.15, 0.2) is 0 Å². The van der Waals surface area contributed by atoms with E-state index in [1.807, 2.05) is 0 Å². The Morgan fingerprint density at radius 1 is 0.368 bits per heavy atom. The lowest BCUT2D eigenvalue weighted by Crippen LogP contribution is -2.64. The van der Waals surface area contributed by atoms with Crippen LogP contribution < -0.4 is 42.5 Å². The number of nitrogens with zero attached hydrogens (tertiary/aromatic N) is 1. The molecule has 24 heteroatoms. The van der Waals surface area contributed by atoms with Gasteiger partial charge < -0.3 is 5.32 Å². The zero-order chi connectivity index (χ0) is 40.8. The third-order valence-corrected chi connectivity index (χ3v) is 14.8. The Morgan fingerprint density at radius 3 is 1.16 bits per heavy atom. The van der Waals surface area contributed by atoms with Crippen molar-refractivity contribution >= 4 is 0 Å². The summed E-state index contributed by atoms with van der Waals surface area (Å²) in [5.41, 5.74) is 0. The molecule has 0 spiro atoms. The zero-order valence-corrected chi connectivity index (χ0v) is 29.7. The Balaban J connectivity index is 1.17. The molecule has 0 radical (unpaired) electrons. The first-order chi connectivity index (χ1) is 27.0. The Labute approximate surface area is 316 Å². The van der Waals surface area contributed by atoms with E-state index in [1.165, 1.54) is 7.05 Å². The van der Waals surface area contributed by atoms with Crippen LogP contribution in [-0.4, -0.2) is 154 Å². The van der Waals surface area contributed by atoms with Gasteiger partial charge in [0.05, 0.1) is 49.3 Å². The summed E-state index contributed by atoms with van der Waals surface area (Å²) in [5.74, 6) is -13.9. The second kappa shape index (κ2) is 14.6. The minimum atomic E-state index is -3.15. The molecule has 9 nitrogen and oxygen atoms in total. The Hall–Kier alpha value is -1.41. The highest BCUT2D eigenvalue weighted by Gasteiger charge is 2.69. The molecule has 0 amide bonds. The van der Waals surface area contributed by atoms with Gasteiger partial charge in [-0.1, -0.05) is 0 Å². The summed E-state index contributed by atoms with van der Waals surface area (Å²) in [5, 5.41) is 21.4. The largest absolute Gasteiger partial charge is 0.314 e. The molecule has 0 aromatic carbocycles. The molecule has 57 heavy (non-hydrogen) atoms. The molecule has 0 aromatic rings. The van der Waals surface area contributed by atoms with Gasteiger partial charge in [-0.25, -0.2) is 61.5 Å². The van der Waals surface area contributed by atoms with Crippen molar-refractivity contribution in [2.45, 2.75) is 148 Å². The monoisotopic (exact) mass is 851 g/mol. The quantitative estimate of drug-likeness (QED) is 0.148. The van der Waals surface area contributed by atoms with Crippen molar-refractivity contribution in [3.63, 3.8) is 0 Å². The first-order valence-corrected chi connectivity index (χ1v) is 19.4.